The van der Waals surface area contributed by atoms with Gasteiger partial charge in [-0.2, -0.15) is 24.5 Å². The number of thiophene rings is 1. The van der Waals surface area contributed by atoms with Crippen molar-refractivity contribution in [1.29, 1.82) is 0 Å². The molecule has 0 saturated carbocycles. The van der Waals surface area contributed by atoms with Crippen molar-refractivity contribution in [3.63, 3.8) is 0 Å². The molecule has 35 heavy (non-hydrogen) atoms. The van der Waals surface area contributed by atoms with E-state index in [0.29, 0.717) is 33.9 Å². The molecule has 1 amide bonds. The van der Waals surface area contributed by atoms with Crippen molar-refractivity contribution in [3.05, 3.63) is 94.1 Å². The number of rotatable bonds is 4. The molecule has 4 heterocycles. The Morgan fingerprint density at radius 3 is 2.57 bits per heavy atom. The number of hydrogen-bond donors (Lipinski definition) is 2. The highest BCUT2D eigenvalue weighted by Gasteiger charge is 2.34. The van der Waals surface area contributed by atoms with E-state index < -0.39 is 23.9 Å². The van der Waals surface area contributed by atoms with Crippen molar-refractivity contribution in [2.45, 2.75) is 25.4 Å². The Balaban J connectivity index is 1.50. The Hall–Kier alpha value is -3.76. The third kappa shape index (κ3) is 4.26. The molecule has 10 heteroatoms. The molecule has 0 aliphatic carbocycles. The number of benzene rings is 1. The minimum absolute atomic E-state index is 0.174. The van der Waals surface area contributed by atoms with Crippen LogP contribution in [0.3, 0.4) is 0 Å². The number of halogens is 3. The lowest BCUT2D eigenvalue weighted by Gasteiger charge is -2.35. The molecule has 0 radical (unpaired) electrons. The molecule has 0 bridgehead atoms. The maximum absolute atomic E-state index is 13.0. The van der Waals surface area contributed by atoms with E-state index in [2.05, 4.69) is 15.3 Å². The standard InChI is InChI=1S/C25H19F3N4O2S/c1-14(19-4-2-3-11-29-19)30-23(33)20-9-10-21-22(31-20)17-12-35-13-18(17)24(34)32(21)16-7-5-15(6-8-16)25(26,27)28/h2-14,24,34H,1H3,(H,30,33)/t14-,24?/m0/s1. The van der Waals surface area contributed by atoms with E-state index in [4.69, 9.17) is 0 Å². The number of amides is 1. The zero-order valence-corrected chi connectivity index (χ0v) is 19.1. The van der Waals surface area contributed by atoms with Crippen molar-refractivity contribution in [2.24, 2.45) is 0 Å². The summed E-state index contributed by atoms with van der Waals surface area (Å²) in [4.78, 5) is 23.3. The number of aliphatic hydroxyl groups is 1. The Morgan fingerprint density at radius 2 is 1.89 bits per heavy atom. The van der Waals surface area contributed by atoms with Gasteiger partial charge in [-0.05, 0) is 60.8 Å². The topological polar surface area (TPSA) is 78.3 Å². The van der Waals surface area contributed by atoms with Crippen molar-refractivity contribution in [2.75, 3.05) is 4.90 Å². The van der Waals surface area contributed by atoms with Crippen LogP contribution in [-0.2, 0) is 6.18 Å². The first-order valence-electron chi connectivity index (χ1n) is 10.7. The number of anilines is 2. The number of nitrogens with one attached hydrogen (secondary N) is 1. The van der Waals surface area contributed by atoms with E-state index in [1.807, 2.05) is 24.4 Å². The average molecular weight is 497 g/mol. The van der Waals surface area contributed by atoms with E-state index in [1.54, 1.807) is 23.7 Å². The van der Waals surface area contributed by atoms with Crippen LogP contribution in [0.4, 0.5) is 24.5 Å². The summed E-state index contributed by atoms with van der Waals surface area (Å²) in [5.74, 6) is -0.394. The summed E-state index contributed by atoms with van der Waals surface area (Å²) in [6.07, 6.45) is -3.94. The maximum Gasteiger partial charge on any atom is 0.416 e. The summed E-state index contributed by atoms with van der Waals surface area (Å²) in [5.41, 5.74) is 2.65. The molecule has 4 aromatic rings. The molecule has 2 N–H and O–H groups in total. The van der Waals surface area contributed by atoms with Gasteiger partial charge in [0.2, 0.25) is 0 Å². The SMILES string of the molecule is C[C@H](NC(=O)c1ccc2c(n1)-c1cscc1C(O)N2c1ccc(C(F)(F)F)cc1)c1ccccn1. The molecule has 1 unspecified atom stereocenters. The fourth-order valence-corrected chi connectivity index (χ4v) is 4.86. The van der Waals surface area contributed by atoms with Crippen LogP contribution in [0.25, 0.3) is 11.3 Å². The number of aromatic nitrogens is 2. The first-order chi connectivity index (χ1) is 16.7. The van der Waals surface area contributed by atoms with Crippen LogP contribution in [0.15, 0.2) is 71.6 Å². The van der Waals surface area contributed by atoms with Gasteiger partial charge >= 0.3 is 6.18 Å². The predicted octanol–water partition coefficient (Wildman–Crippen LogP) is 5.86. The largest absolute Gasteiger partial charge is 0.416 e. The Kier molecular flexibility index (Phi) is 5.78. The van der Waals surface area contributed by atoms with Gasteiger partial charge < -0.3 is 15.3 Å². The number of alkyl halides is 3. The van der Waals surface area contributed by atoms with Gasteiger partial charge in [0, 0.05) is 28.4 Å². The normalized spacial score (nSPS) is 15.8. The second-order valence-electron chi connectivity index (χ2n) is 8.04. The fraction of sp³-hybridized carbons (Fsp3) is 0.160. The van der Waals surface area contributed by atoms with Crippen LogP contribution in [0, 0.1) is 0 Å². The summed E-state index contributed by atoms with van der Waals surface area (Å²) in [5, 5.41) is 17.5. The first-order valence-corrected chi connectivity index (χ1v) is 11.6. The van der Waals surface area contributed by atoms with E-state index in [-0.39, 0.29) is 11.7 Å². The number of hydrogen-bond acceptors (Lipinski definition) is 6. The molecular weight excluding hydrogens is 477 g/mol. The Labute approximate surface area is 202 Å². The third-order valence-corrected chi connectivity index (χ3v) is 6.55. The van der Waals surface area contributed by atoms with Crippen LogP contribution in [0.1, 0.15) is 46.5 Å². The minimum Gasteiger partial charge on any atom is -0.369 e. The quantitative estimate of drug-likeness (QED) is 0.370. The maximum atomic E-state index is 13.0. The molecule has 0 spiro atoms. The highest BCUT2D eigenvalue weighted by Crippen LogP contribution is 2.48. The van der Waals surface area contributed by atoms with Gasteiger partial charge in [0.15, 0.2) is 6.23 Å². The summed E-state index contributed by atoms with van der Waals surface area (Å²) < 4.78 is 39.1. The third-order valence-electron chi connectivity index (χ3n) is 5.79. The van der Waals surface area contributed by atoms with E-state index in [1.165, 1.54) is 34.4 Å². The van der Waals surface area contributed by atoms with Gasteiger partial charge in [0.25, 0.3) is 5.91 Å². The molecule has 2 atom stereocenters. The summed E-state index contributed by atoms with van der Waals surface area (Å²) in [6, 6.07) is 12.8. The number of fused-ring (bicyclic) bond motifs is 3. The fourth-order valence-electron chi connectivity index (χ4n) is 4.01. The highest BCUT2D eigenvalue weighted by atomic mass is 32.1. The molecule has 1 aromatic carbocycles. The van der Waals surface area contributed by atoms with Crippen LogP contribution in [0.5, 0.6) is 0 Å². The van der Waals surface area contributed by atoms with Crippen LogP contribution >= 0.6 is 11.3 Å². The van der Waals surface area contributed by atoms with Crippen molar-refractivity contribution in [3.8, 4) is 11.3 Å². The number of carbonyl (C=O) groups is 1. The molecule has 1 aliphatic rings. The number of nitrogens with zero attached hydrogens (tertiary/aromatic N) is 3. The lowest BCUT2D eigenvalue weighted by molar-refractivity contribution is -0.137. The molecule has 1 aliphatic heterocycles. The number of aliphatic hydroxyl groups excluding tert-OH is 1. The molecule has 178 valence electrons. The lowest BCUT2D eigenvalue weighted by atomic mass is 9.99. The van der Waals surface area contributed by atoms with Gasteiger partial charge in [-0.1, -0.05) is 6.07 Å². The van der Waals surface area contributed by atoms with E-state index in [0.717, 1.165) is 12.1 Å². The van der Waals surface area contributed by atoms with Crippen molar-refractivity contribution < 1.29 is 23.1 Å². The second-order valence-corrected chi connectivity index (χ2v) is 8.79. The van der Waals surface area contributed by atoms with Crippen LogP contribution in [-0.4, -0.2) is 21.0 Å². The van der Waals surface area contributed by atoms with Gasteiger partial charge in [0.05, 0.1) is 28.7 Å². The molecule has 6 nitrogen and oxygen atoms in total. The average Bonchev–Trinajstić information content (AvgIpc) is 3.35. The molecule has 0 fully saturated rings. The zero-order valence-electron chi connectivity index (χ0n) is 18.3. The van der Waals surface area contributed by atoms with Gasteiger partial charge in [-0.3, -0.25) is 9.78 Å². The monoisotopic (exact) mass is 496 g/mol. The van der Waals surface area contributed by atoms with Gasteiger partial charge in [-0.25, -0.2) is 4.98 Å². The Morgan fingerprint density at radius 1 is 1.11 bits per heavy atom. The van der Waals surface area contributed by atoms with Crippen molar-refractivity contribution >= 4 is 28.6 Å². The molecular formula is C25H19F3N4O2S. The van der Waals surface area contributed by atoms with E-state index >= 15 is 0 Å². The zero-order chi connectivity index (χ0) is 24.7. The summed E-state index contributed by atoms with van der Waals surface area (Å²) in [6.45, 7) is 1.82. The van der Waals surface area contributed by atoms with Crippen molar-refractivity contribution in [1.82, 2.24) is 15.3 Å². The summed E-state index contributed by atoms with van der Waals surface area (Å²) >= 11 is 1.36. The lowest BCUT2D eigenvalue weighted by Crippen LogP contribution is -2.30. The molecule has 3 aromatic heterocycles. The van der Waals surface area contributed by atoms with Crippen LogP contribution < -0.4 is 10.2 Å². The van der Waals surface area contributed by atoms with Gasteiger partial charge in [-0.15, -0.1) is 0 Å². The number of carbonyl (C=O) groups excluding carboxylic acids is 1. The predicted molar refractivity (Wildman–Crippen MR) is 126 cm³/mol. The van der Waals surface area contributed by atoms with Gasteiger partial charge in [0.1, 0.15) is 5.69 Å². The summed E-state index contributed by atoms with van der Waals surface area (Å²) in [7, 11) is 0. The second kappa shape index (κ2) is 8.79. The van der Waals surface area contributed by atoms with Crippen LogP contribution in [0.2, 0.25) is 0 Å². The molecule has 0 saturated heterocycles. The smallest absolute Gasteiger partial charge is 0.369 e. The van der Waals surface area contributed by atoms with E-state index in [9.17, 15) is 23.1 Å². The number of pyridine rings is 2. The Bertz CT molecular complexity index is 1370. The first kappa shape index (κ1) is 23.0. The minimum atomic E-state index is -4.46. The molecule has 5 rings (SSSR count). The highest BCUT2D eigenvalue weighted by molar-refractivity contribution is 7.08.